The Kier molecular flexibility index (Phi) is 6.17. The fourth-order valence-electron chi connectivity index (χ4n) is 4.09. The molecule has 12 nitrogen and oxygen atoms in total. The molecular formula is C24H19N4O8+. The first-order chi connectivity index (χ1) is 17.2. The highest BCUT2D eigenvalue weighted by Crippen LogP contribution is 2.48. The van der Waals surface area contributed by atoms with E-state index in [1.807, 2.05) is 0 Å². The number of carbonyl (C=O) groups is 2. The maximum Gasteiger partial charge on any atom is 0.407 e. The number of carbonyl (C=O) groups excluding carboxylic acids is 2. The van der Waals surface area contributed by atoms with Crippen molar-refractivity contribution < 1.29 is 33.6 Å². The maximum atomic E-state index is 13.3. The minimum atomic E-state index is -0.954. The summed E-state index contributed by atoms with van der Waals surface area (Å²) in [6, 6.07) is 8.06. The lowest BCUT2D eigenvalue weighted by Crippen LogP contribution is -2.39. The predicted molar refractivity (Wildman–Crippen MR) is 127 cm³/mol. The van der Waals surface area contributed by atoms with Crippen molar-refractivity contribution in [3.05, 3.63) is 97.4 Å². The highest BCUT2D eigenvalue weighted by Gasteiger charge is 2.41. The van der Waals surface area contributed by atoms with Gasteiger partial charge in [-0.3, -0.25) is 20.2 Å². The lowest BCUT2D eigenvalue weighted by molar-refractivity contribution is -0.514. The molecule has 0 fully saturated rings. The highest BCUT2D eigenvalue weighted by molar-refractivity contribution is 6.49. The molecule has 12 heteroatoms. The van der Waals surface area contributed by atoms with Crippen molar-refractivity contribution in [2.45, 2.75) is 6.92 Å². The molecule has 0 saturated carbocycles. The molecule has 4 rings (SSSR count). The van der Waals surface area contributed by atoms with E-state index in [1.54, 1.807) is 19.1 Å². The first kappa shape index (κ1) is 24.0. The number of rotatable bonds is 5. The minimum Gasteiger partial charge on any atom is -0.465 e. The number of hydrogen-bond acceptors (Lipinski definition) is 9. The van der Waals surface area contributed by atoms with Crippen LogP contribution in [0.5, 0.6) is 0 Å². The molecule has 36 heavy (non-hydrogen) atoms. The Bertz CT molecular complexity index is 1420. The quantitative estimate of drug-likeness (QED) is 0.186. The molecule has 1 aliphatic heterocycles. The van der Waals surface area contributed by atoms with Crippen LogP contribution in [0.25, 0.3) is 16.7 Å². The Morgan fingerprint density at radius 2 is 1.39 bits per heavy atom. The number of nitrogens with zero attached hydrogens (tertiary/aromatic N) is 3. The van der Waals surface area contributed by atoms with E-state index in [0.29, 0.717) is 16.8 Å². The molecule has 182 valence electrons. The highest BCUT2D eigenvalue weighted by atomic mass is 16.6. The van der Waals surface area contributed by atoms with E-state index in [1.165, 1.54) is 47.3 Å². The molecule has 0 bridgehead atoms. The van der Waals surface area contributed by atoms with Gasteiger partial charge in [0.2, 0.25) is 6.20 Å². The summed E-state index contributed by atoms with van der Waals surface area (Å²) in [6.07, 6.45) is 4.82. The van der Waals surface area contributed by atoms with Crippen molar-refractivity contribution in [3.63, 3.8) is 0 Å². The first-order valence-corrected chi connectivity index (χ1v) is 10.4. The molecule has 0 aromatic heterocycles. The van der Waals surface area contributed by atoms with Crippen LogP contribution in [0.1, 0.15) is 18.1 Å². The van der Waals surface area contributed by atoms with E-state index in [-0.39, 0.29) is 39.4 Å². The van der Waals surface area contributed by atoms with Gasteiger partial charge >= 0.3 is 17.7 Å². The van der Waals surface area contributed by atoms with Crippen LogP contribution in [-0.4, -0.2) is 46.4 Å². The SMILES string of the molecule is COC(=O)C(=C1c2cc([N+](=O)[O-])ccc2-c2ccc([N+](=O)[O-])cc21)C(C(=O)OC)=[N+]1C=CC=C(C)N1. The third-order valence-corrected chi connectivity index (χ3v) is 5.63. The van der Waals surface area contributed by atoms with Gasteiger partial charge in [0, 0.05) is 35.9 Å². The number of benzene rings is 2. The molecule has 1 heterocycles. The number of esters is 2. The number of nitro benzene ring substituents is 2. The van der Waals surface area contributed by atoms with Crippen LogP contribution >= 0.6 is 0 Å². The van der Waals surface area contributed by atoms with Crippen LogP contribution in [-0.2, 0) is 19.1 Å². The number of hydrazine groups is 1. The van der Waals surface area contributed by atoms with Crippen LogP contribution in [0.4, 0.5) is 11.4 Å². The number of hydrazone groups is 1. The van der Waals surface area contributed by atoms with Gasteiger partial charge in [0.05, 0.1) is 29.8 Å². The number of hydrogen-bond donors (Lipinski definition) is 1. The monoisotopic (exact) mass is 491 g/mol. The largest absolute Gasteiger partial charge is 0.465 e. The van der Waals surface area contributed by atoms with Crippen LogP contribution in [0.2, 0.25) is 0 Å². The summed E-state index contributed by atoms with van der Waals surface area (Å²) < 4.78 is 11.2. The number of ether oxygens (including phenoxy) is 2. The van der Waals surface area contributed by atoms with Crippen LogP contribution in [0.3, 0.4) is 0 Å². The fraction of sp³-hybridized carbons (Fsp3) is 0.125. The second-order valence-electron chi connectivity index (χ2n) is 7.73. The third-order valence-electron chi connectivity index (χ3n) is 5.63. The summed E-state index contributed by atoms with van der Waals surface area (Å²) in [7, 11) is 2.24. The van der Waals surface area contributed by atoms with E-state index in [0.717, 1.165) is 14.2 Å². The lowest BCUT2D eigenvalue weighted by Gasteiger charge is -2.13. The van der Waals surface area contributed by atoms with E-state index >= 15 is 0 Å². The van der Waals surface area contributed by atoms with Gasteiger partial charge in [-0.05, 0) is 47.4 Å². The maximum absolute atomic E-state index is 13.3. The van der Waals surface area contributed by atoms with E-state index in [2.05, 4.69) is 5.43 Å². The molecule has 0 unspecified atom stereocenters. The molecule has 1 aliphatic carbocycles. The zero-order valence-corrected chi connectivity index (χ0v) is 19.3. The number of nitrogens with one attached hydrogen (secondary N) is 1. The normalized spacial score (nSPS) is 14.6. The standard InChI is InChI=1S/C24H18N4O8/c1-13-5-4-10-26(25-13)22(24(30)36-3)21(23(29)35-2)20-18-11-14(27(31)32)6-8-16(18)17-9-7-15(28(33)34)12-19(17)20/h4-12H,1-3H3/p+1. The van der Waals surface area contributed by atoms with Crippen molar-refractivity contribution in [1.29, 1.82) is 0 Å². The average molecular weight is 491 g/mol. The Morgan fingerprint density at radius 3 is 1.83 bits per heavy atom. The molecule has 2 aromatic carbocycles. The van der Waals surface area contributed by atoms with Crippen LogP contribution < -0.4 is 5.43 Å². The second-order valence-corrected chi connectivity index (χ2v) is 7.73. The number of methoxy groups -OCH3 is 2. The Morgan fingerprint density at radius 1 is 0.861 bits per heavy atom. The number of non-ortho nitro benzene ring substituents is 2. The smallest absolute Gasteiger partial charge is 0.407 e. The summed E-state index contributed by atoms with van der Waals surface area (Å²) >= 11 is 0. The summed E-state index contributed by atoms with van der Waals surface area (Å²) in [5.74, 6) is -1.87. The summed E-state index contributed by atoms with van der Waals surface area (Å²) in [6.45, 7) is 1.73. The summed E-state index contributed by atoms with van der Waals surface area (Å²) in [5, 5.41) is 23.1. The van der Waals surface area contributed by atoms with Gasteiger partial charge in [0.25, 0.3) is 11.4 Å². The zero-order chi connectivity index (χ0) is 26.1. The predicted octanol–water partition coefficient (Wildman–Crippen LogP) is 3.02. The van der Waals surface area contributed by atoms with Gasteiger partial charge in [0.1, 0.15) is 0 Å². The van der Waals surface area contributed by atoms with Crippen molar-refractivity contribution >= 4 is 34.6 Å². The first-order valence-electron chi connectivity index (χ1n) is 10.4. The molecule has 0 radical (unpaired) electrons. The fourth-order valence-corrected chi connectivity index (χ4v) is 4.09. The Balaban J connectivity index is 2.19. The Labute approximate surface area is 203 Å². The van der Waals surface area contributed by atoms with Gasteiger partial charge in [0.15, 0.2) is 5.57 Å². The van der Waals surface area contributed by atoms with Crippen LogP contribution in [0, 0.1) is 20.2 Å². The minimum absolute atomic E-state index is 0.0575. The number of fused-ring (bicyclic) bond motifs is 3. The van der Waals surface area contributed by atoms with Gasteiger partial charge in [-0.25, -0.2) is 9.59 Å². The van der Waals surface area contributed by atoms with Crippen molar-refractivity contribution in [2.24, 2.45) is 0 Å². The topological polar surface area (TPSA) is 154 Å². The van der Waals surface area contributed by atoms with Gasteiger partial charge in [-0.2, -0.15) is 5.43 Å². The molecule has 0 amide bonds. The van der Waals surface area contributed by atoms with E-state index in [9.17, 15) is 29.8 Å². The lowest BCUT2D eigenvalue weighted by atomic mass is 9.94. The summed E-state index contributed by atoms with van der Waals surface area (Å²) in [4.78, 5) is 48.2. The van der Waals surface area contributed by atoms with E-state index in [4.69, 9.17) is 9.47 Å². The molecule has 1 N–H and O–H groups in total. The molecule has 2 aliphatic rings. The number of nitro groups is 2. The molecule has 0 spiro atoms. The van der Waals surface area contributed by atoms with Crippen molar-refractivity contribution in [2.75, 3.05) is 14.2 Å². The average Bonchev–Trinajstić information content (AvgIpc) is 3.18. The molecule has 0 saturated heterocycles. The molecule has 2 aromatic rings. The second kappa shape index (κ2) is 9.25. The van der Waals surface area contributed by atoms with Crippen LogP contribution in [0.15, 0.2) is 66.0 Å². The molecular weight excluding hydrogens is 472 g/mol. The number of allylic oxidation sites excluding steroid dienone is 3. The summed E-state index contributed by atoms with van der Waals surface area (Å²) in [5.41, 5.74) is 3.95. The van der Waals surface area contributed by atoms with Gasteiger partial charge in [-0.15, -0.1) is 0 Å². The van der Waals surface area contributed by atoms with Gasteiger partial charge in [-0.1, -0.05) is 4.68 Å². The van der Waals surface area contributed by atoms with Crippen molar-refractivity contribution in [3.8, 4) is 11.1 Å². The Hall–Kier alpha value is -5.13. The third kappa shape index (κ3) is 4.00. The molecule has 0 atom stereocenters. The zero-order valence-electron chi connectivity index (χ0n) is 19.3. The van der Waals surface area contributed by atoms with Gasteiger partial charge < -0.3 is 9.47 Å². The van der Waals surface area contributed by atoms with E-state index < -0.39 is 21.8 Å². The van der Waals surface area contributed by atoms with Crippen molar-refractivity contribution in [1.82, 2.24) is 5.43 Å².